The number of carbonyl (C=O) groups excluding carboxylic acids is 1. The normalized spacial score (nSPS) is 14.7. The molecule has 1 aromatic carbocycles. The summed E-state index contributed by atoms with van der Waals surface area (Å²) < 4.78 is 5.36. The van der Waals surface area contributed by atoms with Crippen LogP contribution < -0.4 is 10.2 Å². The molecule has 6 heteroatoms. The van der Waals surface area contributed by atoms with Gasteiger partial charge in [0.15, 0.2) is 0 Å². The van der Waals surface area contributed by atoms with Crippen LogP contribution in [0.3, 0.4) is 0 Å². The highest BCUT2D eigenvalue weighted by molar-refractivity contribution is 6.06. The molecule has 0 unspecified atom stereocenters. The lowest BCUT2D eigenvalue weighted by Gasteiger charge is -2.26. The first kappa shape index (κ1) is 19.3. The molecule has 144 valence electrons. The second kappa shape index (κ2) is 9.48. The van der Waals surface area contributed by atoms with Crippen LogP contribution >= 0.6 is 0 Å². The monoisotopic (exact) mass is 368 g/mol. The van der Waals surface area contributed by atoms with Gasteiger partial charge in [0.05, 0.1) is 18.8 Å². The third kappa shape index (κ3) is 5.28. The Morgan fingerprint density at radius 3 is 2.74 bits per heavy atom. The number of aryl methyl sites for hydroxylation is 1. The van der Waals surface area contributed by atoms with Gasteiger partial charge in [-0.1, -0.05) is 12.1 Å². The molecule has 0 aliphatic carbocycles. The summed E-state index contributed by atoms with van der Waals surface area (Å²) in [4.78, 5) is 21.4. The Kier molecular flexibility index (Phi) is 6.79. The molecule has 1 saturated heterocycles. The predicted molar refractivity (Wildman–Crippen MR) is 109 cm³/mol. The summed E-state index contributed by atoms with van der Waals surface area (Å²) in [5.74, 6) is 0.758. The van der Waals surface area contributed by atoms with Gasteiger partial charge in [0, 0.05) is 44.6 Å². The number of pyridine rings is 1. The molecule has 6 nitrogen and oxygen atoms in total. The van der Waals surface area contributed by atoms with Crippen molar-refractivity contribution in [3.05, 3.63) is 53.7 Å². The summed E-state index contributed by atoms with van der Waals surface area (Å²) in [5.41, 5.74) is 2.64. The van der Waals surface area contributed by atoms with Gasteiger partial charge >= 0.3 is 0 Å². The van der Waals surface area contributed by atoms with Crippen LogP contribution in [0.25, 0.3) is 0 Å². The largest absolute Gasteiger partial charge is 0.379 e. The minimum Gasteiger partial charge on any atom is -0.379 e. The Bertz CT molecular complexity index is 742. The molecule has 1 amide bonds. The number of rotatable bonds is 7. The highest BCUT2D eigenvalue weighted by Gasteiger charge is 2.16. The van der Waals surface area contributed by atoms with Gasteiger partial charge in [-0.3, -0.25) is 9.69 Å². The van der Waals surface area contributed by atoms with E-state index in [0.717, 1.165) is 56.5 Å². The van der Waals surface area contributed by atoms with E-state index >= 15 is 0 Å². The van der Waals surface area contributed by atoms with Crippen LogP contribution in [0.4, 0.5) is 11.5 Å². The summed E-state index contributed by atoms with van der Waals surface area (Å²) in [7, 11) is 0. The van der Waals surface area contributed by atoms with Gasteiger partial charge < -0.3 is 15.0 Å². The molecule has 1 aliphatic heterocycles. The standard InChI is InChI=1S/C21H28N4O2/c1-3-25(19-6-4-5-17(2)15-19)21(26)18-7-8-20(23-16-18)22-9-10-24-11-13-27-14-12-24/h4-8,15-16H,3,9-14H2,1-2H3,(H,22,23). The van der Waals surface area contributed by atoms with Crippen LogP contribution in [0.5, 0.6) is 0 Å². The second-order valence-electron chi connectivity index (χ2n) is 6.70. The molecule has 0 radical (unpaired) electrons. The number of ether oxygens (including phenoxy) is 1. The smallest absolute Gasteiger partial charge is 0.259 e. The molecule has 0 atom stereocenters. The van der Waals surface area contributed by atoms with Gasteiger partial charge in [0.1, 0.15) is 5.82 Å². The third-order valence-corrected chi connectivity index (χ3v) is 4.72. The van der Waals surface area contributed by atoms with E-state index in [-0.39, 0.29) is 5.91 Å². The summed E-state index contributed by atoms with van der Waals surface area (Å²) in [5, 5.41) is 3.32. The van der Waals surface area contributed by atoms with E-state index in [9.17, 15) is 4.79 Å². The molecule has 1 aliphatic rings. The van der Waals surface area contributed by atoms with E-state index in [2.05, 4.69) is 15.2 Å². The molecular formula is C21H28N4O2. The minimum atomic E-state index is -0.0320. The highest BCUT2D eigenvalue weighted by Crippen LogP contribution is 2.18. The Morgan fingerprint density at radius 2 is 2.07 bits per heavy atom. The molecule has 0 bridgehead atoms. The zero-order chi connectivity index (χ0) is 19.1. The lowest BCUT2D eigenvalue weighted by Crippen LogP contribution is -2.39. The fraction of sp³-hybridized carbons (Fsp3) is 0.429. The zero-order valence-corrected chi connectivity index (χ0v) is 16.1. The van der Waals surface area contributed by atoms with Crippen molar-refractivity contribution in [1.29, 1.82) is 0 Å². The van der Waals surface area contributed by atoms with Crippen LogP contribution in [0, 0.1) is 6.92 Å². The first-order chi connectivity index (χ1) is 13.2. The van der Waals surface area contributed by atoms with Crippen molar-refractivity contribution >= 4 is 17.4 Å². The number of hydrogen-bond donors (Lipinski definition) is 1. The fourth-order valence-corrected chi connectivity index (χ4v) is 3.19. The van der Waals surface area contributed by atoms with Crippen LogP contribution in [-0.2, 0) is 4.74 Å². The summed E-state index contributed by atoms with van der Waals surface area (Å²) in [6, 6.07) is 11.7. The molecule has 0 spiro atoms. The van der Waals surface area contributed by atoms with Crippen molar-refractivity contribution < 1.29 is 9.53 Å². The average Bonchev–Trinajstić information content (AvgIpc) is 2.70. The van der Waals surface area contributed by atoms with Gasteiger partial charge in [-0.2, -0.15) is 0 Å². The van der Waals surface area contributed by atoms with Gasteiger partial charge in [0.2, 0.25) is 0 Å². The van der Waals surface area contributed by atoms with Crippen molar-refractivity contribution in [2.75, 3.05) is 56.2 Å². The molecule has 1 N–H and O–H groups in total. The number of carbonyl (C=O) groups is 1. The molecule has 27 heavy (non-hydrogen) atoms. The van der Waals surface area contributed by atoms with E-state index in [1.165, 1.54) is 0 Å². The molecular weight excluding hydrogens is 340 g/mol. The van der Waals surface area contributed by atoms with Crippen molar-refractivity contribution in [2.45, 2.75) is 13.8 Å². The first-order valence-corrected chi connectivity index (χ1v) is 9.56. The third-order valence-electron chi connectivity index (χ3n) is 4.72. The van der Waals surface area contributed by atoms with Crippen molar-refractivity contribution in [3.8, 4) is 0 Å². The number of nitrogens with one attached hydrogen (secondary N) is 1. The zero-order valence-electron chi connectivity index (χ0n) is 16.1. The maximum absolute atomic E-state index is 12.9. The van der Waals surface area contributed by atoms with E-state index < -0.39 is 0 Å². The van der Waals surface area contributed by atoms with E-state index in [4.69, 9.17) is 4.74 Å². The van der Waals surface area contributed by atoms with Gasteiger partial charge in [-0.25, -0.2) is 4.98 Å². The lowest BCUT2D eigenvalue weighted by atomic mass is 10.2. The number of morpholine rings is 1. The van der Waals surface area contributed by atoms with Crippen molar-refractivity contribution in [3.63, 3.8) is 0 Å². The topological polar surface area (TPSA) is 57.7 Å². The maximum atomic E-state index is 12.9. The van der Waals surface area contributed by atoms with Crippen LogP contribution in [0.1, 0.15) is 22.8 Å². The minimum absolute atomic E-state index is 0.0320. The second-order valence-corrected chi connectivity index (χ2v) is 6.70. The van der Waals surface area contributed by atoms with E-state index in [1.807, 2.05) is 50.2 Å². The molecule has 1 aromatic heterocycles. The van der Waals surface area contributed by atoms with Gasteiger partial charge in [-0.15, -0.1) is 0 Å². The number of amides is 1. The quantitative estimate of drug-likeness (QED) is 0.814. The Labute approximate surface area is 161 Å². The van der Waals surface area contributed by atoms with E-state index in [1.54, 1.807) is 11.1 Å². The molecule has 1 fully saturated rings. The number of aromatic nitrogens is 1. The van der Waals surface area contributed by atoms with Gasteiger partial charge in [0.25, 0.3) is 5.91 Å². The number of nitrogens with zero attached hydrogens (tertiary/aromatic N) is 3. The molecule has 3 rings (SSSR count). The van der Waals surface area contributed by atoms with Crippen LogP contribution in [-0.4, -0.2) is 61.7 Å². The lowest BCUT2D eigenvalue weighted by molar-refractivity contribution is 0.0398. The predicted octanol–water partition coefficient (Wildman–Crippen LogP) is 2.80. The van der Waals surface area contributed by atoms with E-state index in [0.29, 0.717) is 12.1 Å². The molecule has 0 saturated carbocycles. The molecule has 2 heterocycles. The molecule has 2 aromatic rings. The SMILES string of the molecule is CCN(C(=O)c1ccc(NCCN2CCOCC2)nc1)c1cccc(C)c1. The van der Waals surface area contributed by atoms with Gasteiger partial charge in [-0.05, 0) is 43.7 Å². The van der Waals surface area contributed by atoms with Crippen LogP contribution in [0.15, 0.2) is 42.6 Å². The number of anilines is 2. The highest BCUT2D eigenvalue weighted by atomic mass is 16.5. The van der Waals surface area contributed by atoms with Crippen LogP contribution in [0.2, 0.25) is 0 Å². The van der Waals surface area contributed by atoms with Crippen molar-refractivity contribution in [1.82, 2.24) is 9.88 Å². The number of benzene rings is 1. The summed E-state index contributed by atoms with van der Waals surface area (Å²) >= 11 is 0. The maximum Gasteiger partial charge on any atom is 0.259 e. The number of hydrogen-bond acceptors (Lipinski definition) is 5. The Morgan fingerprint density at radius 1 is 1.26 bits per heavy atom. The van der Waals surface area contributed by atoms with Crippen molar-refractivity contribution in [2.24, 2.45) is 0 Å². The Balaban J connectivity index is 1.57. The summed E-state index contributed by atoms with van der Waals surface area (Å²) in [6.45, 7) is 9.99. The average molecular weight is 368 g/mol. The first-order valence-electron chi connectivity index (χ1n) is 9.56. The summed E-state index contributed by atoms with van der Waals surface area (Å²) in [6.07, 6.45) is 1.65. The fourth-order valence-electron chi connectivity index (χ4n) is 3.19. The Hall–Kier alpha value is -2.44.